The van der Waals surface area contributed by atoms with E-state index in [2.05, 4.69) is 266 Å². The first-order valence-corrected chi connectivity index (χ1v) is 23.2. The van der Waals surface area contributed by atoms with E-state index in [4.69, 9.17) is 0 Å². The van der Waals surface area contributed by atoms with E-state index in [1.807, 2.05) is 0 Å². The van der Waals surface area contributed by atoms with Gasteiger partial charge in [0.1, 0.15) is 0 Å². The normalized spacial score (nSPS) is 11.6. The highest BCUT2D eigenvalue weighted by atomic mass is 15.1. The number of hydrogen-bond acceptors (Lipinski definition) is 1. The molecule has 1 heteroatoms. The lowest BCUT2D eigenvalue weighted by atomic mass is 9.82. The molecule has 0 unspecified atom stereocenters. The number of para-hydroxylation sites is 2. The van der Waals surface area contributed by atoms with E-state index in [1.54, 1.807) is 0 Å². The van der Waals surface area contributed by atoms with Gasteiger partial charge in [-0.1, -0.05) is 206 Å². The molecule has 13 aromatic carbocycles. The Labute approximate surface area is 390 Å². The van der Waals surface area contributed by atoms with Gasteiger partial charge >= 0.3 is 0 Å². The van der Waals surface area contributed by atoms with Crippen LogP contribution in [-0.4, -0.2) is 0 Å². The average Bonchev–Trinajstić information content (AvgIpc) is 3.40. The predicted octanol–water partition coefficient (Wildman–Crippen LogP) is 18.7. The van der Waals surface area contributed by atoms with E-state index in [9.17, 15) is 0 Å². The maximum Gasteiger partial charge on any atom is 0.0467 e. The Morgan fingerprint density at radius 2 is 0.507 bits per heavy atom. The van der Waals surface area contributed by atoms with Gasteiger partial charge in [-0.15, -0.1) is 0 Å². The summed E-state index contributed by atoms with van der Waals surface area (Å²) in [5.41, 5.74) is 13.1. The second-order valence-electron chi connectivity index (χ2n) is 17.6. The fraction of sp³-hybridized carbons (Fsp3) is 0. The summed E-state index contributed by atoms with van der Waals surface area (Å²) in [4.78, 5) is 2.35. The predicted molar refractivity (Wildman–Crippen MR) is 288 cm³/mol. The highest BCUT2D eigenvalue weighted by molar-refractivity contribution is 6.25. The minimum atomic E-state index is 1.11. The second-order valence-corrected chi connectivity index (χ2v) is 17.6. The SMILES string of the molecule is c1ccc(N(c2ccccc2)c2cccc(-c3c4ccccc4c(-c4ccc5c(-c6ccc7ccccc7c6)c6ccccc6c(-c6ccc7ccccc7c6)c5c4)c4ccccc34)c2)cc1. The minimum absolute atomic E-state index is 1.11. The molecule has 0 bridgehead atoms. The molecule has 0 aromatic heterocycles. The van der Waals surface area contributed by atoms with E-state index in [0.29, 0.717) is 0 Å². The monoisotopic (exact) mass is 849 g/mol. The lowest BCUT2D eigenvalue weighted by Crippen LogP contribution is -2.09. The molecule has 0 amide bonds. The van der Waals surface area contributed by atoms with Gasteiger partial charge in [-0.2, -0.15) is 0 Å². The van der Waals surface area contributed by atoms with Crippen molar-refractivity contribution >= 4 is 81.7 Å². The Balaban J connectivity index is 1.08. The third-order valence-corrected chi connectivity index (χ3v) is 13.7. The van der Waals surface area contributed by atoms with Gasteiger partial charge in [-0.3, -0.25) is 0 Å². The zero-order valence-electron chi connectivity index (χ0n) is 36.8. The molecule has 1 nitrogen and oxygen atoms in total. The smallest absolute Gasteiger partial charge is 0.0467 e. The fourth-order valence-corrected chi connectivity index (χ4v) is 10.8. The van der Waals surface area contributed by atoms with Crippen molar-refractivity contribution in [3.8, 4) is 44.5 Å². The molecule has 0 spiro atoms. The van der Waals surface area contributed by atoms with Gasteiger partial charge in [0.2, 0.25) is 0 Å². The first-order valence-electron chi connectivity index (χ1n) is 23.2. The van der Waals surface area contributed by atoms with Crippen LogP contribution in [0.3, 0.4) is 0 Å². The van der Waals surface area contributed by atoms with Crippen LogP contribution in [0.5, 0.6) is 0 Å². The van der Waals surface area contributed by atoms with Crippen molar-refractivity contribution in [3.05, 3.63) is 261 Å². The fourth-order valence-electron chi connectivity index (χ4n) is 10.8. The molecule has 13 rings (SSSR count). The zero-order valence-corrected chi connectivity index (χ0v) is 36.8. The van der Waals surface area contributed by atoms with Crippen molar-refractivity contribution in [2.75, 3.05) is 4.90 Å². The Morgan fingerprint density at radius 1 is 0.179 bits per heavy atom. The van der Waals surface area contributed by atoms with Gasteiger partial charge in [-0.25, -0.2) is 0 Å². The zero-order chi connectivity index (χ0) is 44.3. The standard InChI is InChI=1S/C66H43N/c1-3-23-52(24-4-1)67(53-25-5-2-6-26-53)54-27-17-22-48(42-54)63-55-28-11-13-30-57(55)65(58-31-14-12-29-56(58)63)51-38-39-61-62(43-51)66(50-37-35-45-19-8-10-21-47(45)41-50)60-33-16-15-32-59(60)64(61)49-36-34-44-18-7-9-20-46(44)40-49/h1-43H. The number of hydrogen-bond donors (Lipinski definition) is 0. The van der Waals surface area contributed by atoms with Crippen molar-refractivity contribution < 1.29 is 0 Å². The van der Waals surface area contributed by atoms with E-state index >= 15 is 0 Å². The van der Waals surface area contributed by atoms with Crippen molar-refractivity contribution in [2.45, 2.75) is 0 Å². The first kappa shape index (κ1) is 38.7. The van der Waals surface area contributed by atoms with Crippen LogP contribution in [0.25, 0.3) is 109 Å². The molecule has 0 N–H and O–H groups in total. The Bertz CT molecular complexity index is 3940. The van der Waals surface area contributed by atoms with Gasteiger partial charge < -0.3 is 4.90 Å². The topological polar surface area (TPSA) is 3.24 Å². The van der Waals surface area contributed by atoms with Crippen molar-refractivity contribution in [1.29, 1.82) is 0 Å². The van der Waals surface area contributed by atoms with E-state index in [0.717, 1.165) is 17.1 Å². The lowest BCUT2D eigenvalue weighted by Gasteiger charge is -2.26. The molecule has 0 radical (unpaired) electrons. The highest BCUT2D eigenvalue weighted by Crippen LogP contribution is 2.49. The molecule has 0 aliphatic rings. The Morgan fingerprint density at radius 3 is 0.970 bits per heavy atom. The van der Waals surface area contributed by atoms with Crippen LogP contribution in [0.4, 0.5) is 17.1 Å². The maximum absolute atomic E-state index is 2.49. The molecule has 67 heavy (non-hydrogen) atoms. The number of nitrogens with zero attached hydrogens (tertiary/aromatic N) is 1. The molecule has 0 aliphatic heterocycles. The van der Waals surface area contributed by atoms with Crippen LogP contribution in [0, 0.1) is 0 Å². The van der Waals surface area contributed by atoms with Gasteiger partial charge in [0.05, 0.1) is 0 Å². The molecule has 312 valence electrons. The highest BCUT2D eigenvalue weighted by Gasteiger charge is 2.22. The third kappa shape index (κ3) is 6.55. The molecule has 0 atom stereocenters. The molecular weight excluding hydrogens is 807 g/mol. The van der Waals surface area contributed by atoms with Gasteiger partial charge in [0.15, 0.2) is 0 Å². The molecule has 0 aliphatic carbocycles. The maximum atomic E-state index is 2.49. The first-order chi connectivity index (χ1) is 33.2. The Hall–Kier alpha value is -8.78. The minimum Gasteiger partial charge on any atom is -0.310 e. The van der Waals surface area contributed by atoms with Crippen LogP contribution >= 0.6 is 0 Å². The van der Waals surface area contributed by atoms with Crippen LogP contribution in [0.15, 0.2) is 261 Å². The second kappa shape index (κ2) is 16.0. The van der Waals surface area contributed by atoms with E-state index < -0.39 is 0 Å². The number of rotatable bonds is 7. The van der Waals surface area contributed by atoms with Crippen LogP contribution in [-0.2, 0) is 0 Å². The summed E-state index contributed by atoms with van der Waals surface area (Å²) in [6.07, 6.45) is 0. The van der Waals surface area contributed by atoms with Crippen LogP contribution in [0.2, 0.25) is 0 Å². The summed E-state index contributed by atoms with van der Waals surface area (Å²) < 4.78 is 0. The lowest BCUT2D eigenvalue weighted by molar-refractivity contribution is 1.28. The van der Waals surface area contributed by atoms with Crippen LogP contribution < -0.4 is 4.90 Å². The molecule has 0 fully saturated rings. The molecule has 13 aromatic rings. The van der Waals surface area contributed by atoms with Gasteiger partial charge in [0.25, 0.3) is 0 Å². The summed E-state index contributed by atoms with van der Waals surface area (Å²) in [5.74, 6) is 0. The molecular formula is C66H43N. The van der Waals surface area contributed by atoms with Crippen molar-refractivity contribution in [3.63, 3.8) is 0 Å². The Kier molecular flexibility index (Phi) is 9.25. The van der Waals surface area contributed by atoms with E-state index in [-0.39, 0.29) is 0 Å². The van der Waals surface area contributed by atoms with Crippen LogP contribution in [0.1, 0.15) is 0 Å². The summed E-state index contributed by atoms with van der Waals surface area (Å²) in [5, 5.41) is 14.8. The number of anilines is 3. The van der Waals surface area contributed by atoms with Crippen molar-refractivity contribution in [2.24, 2.45) is 0 Å². The van der Waals surface area contributed by atoms with Crippen molar-refractivity contribution in [1.82, 2.24) is 0 Å². The summed E-state index contributed by atoms with van der Waals surface area (Å²) in [6.45, 7) is 0. The summed E-state index contributed by atoms with van der Waals surface area (Å²) in [6, 6.07) is 96.0. The number of fused-ring (bicyclic) bond motifs is 6. The van der Waals surface area contributed by atoms with E-state index in [1.165, 1.54) is 109 Å². The summed E-state index contributed by atoms with van der Waals surface area (Å²) >= 11 is 0. The van der Waals surface area contributed by atoms with Gasteiger partial charge in [0, 0.05) is 17.1 Å². The summed E-state index contributed by atoms with van der Waals surface area (Å²) in [7, 11) is 0. The average molecular weight is 850 g/mol. The quantitative estimate of drug-likeness (QED) is 0.144. The number of benzene rings is 13. The molecule has 0 saturated heterocycles. The molecule has 0 saturated carbocycles. The van der Waals surface area contributed by atoms with Gasteiger partial charge in [-0.05, 0) is 164 Å². The molecule has 0 heterocycles. The third-order valence-electron chi connectivity index (χ3n) is 13.7. The largest absolute Gasteiger partial charge is 0.310 e.